The van der Waals surface area contributed by atoms with Crippen molar-refractivity contribution < 1.29 is 4.79 Å². The van der Waals surface area contributed by atoms with Gasteiger partial charge >= 0.3 is 0 Å². The van der Waals surface area contributed by atoms with E-state index in [0.717, 1.165) is 41.8 Å². The standard InChI is InChI=1S/C21H22N6O/c22-17-6-2-9-24-18(17)21(7-3-8-21)13-27-20-25-11-16(12-26-20)14-4-1-5-15(10-14)19(23)28/h1-2,4-6,9-12H,3,7-8,13,22H2,(H2,23,28)(H,25,26,27). The first-order valence-electron chi connectivity index (χ1n) is 9.25. The van der Waals surface area contributed by atoms with Crippen molar-refractivity contribution in [3.63, 3.8) is 0 Å². The van der Waals surface area contributed by atoms with E-state index in [4.69, 9.17) is 11.5 Å². The predicted octanol–water partition coefficient (Wildman–Crippen LogP) is 2.75. The molecule has 0 unspecified atom stereocenters. The molecule has 28 heavy (non-hydrogen) atoms. The molecule has 0 spiro atoms. The topological polar surface area (TPSA) is 120 Å². The quantitative estimate of drug-likeness (QED) is 0.610. The van der Waals surface area contributed by atoms with Gasteiger partial charge in [-0.05, 0) is 42.7 Å². The molecule has 142 valence electrons. The minimum absolute atomic E-state index is 0.0663. The van der Waals surface area contributed by atoms with E-state index in [1.165, 1.54) is 0 Å². The summed E-state index contributed by atoms with van der Waals surface area (Å²) < 4.78 is 0. The number of pyridine rings is 1. The zero-order chi connectivity index (χ0) is 19.6. The highest BCUT2D eigenvalue weighted by molar-refractivity contribution is 5.94. The molecule has 1 fully saturated rings. The molecule has 7 nitrogen and oxygen atoms in total. The summed E-state index contributed by atoms with van der Waals surface area (Å²) >= 11 is 0. The van der Waals surface area contributed by atoms with Crippen LogP contribution in [0.3, 0.4) is 0 Å². The van der Waals surface area contributed by atoms with Crippen LogP contribution >= 0.6 is 0 Å². The van der Waals surface area contributed by atoms with Crippen LogP contribution in [-0.4, -0.2) is 27.4 Å². The van der Waals surface area contributed by atoms with Crippen LogP contribution in [0.2, 0.25) is 0 Å². The van der Waals surface area contributed by atoms with E-state index in [1.807, 2.05) is 18.2 Å². The van der Waals surface area contributed by atoms with Gasteiger partial charge < -0.3 is 16.8 Å². The van der Waals surface area contributed by atoms with Crippen LogP contribution in [0, 0.1) is 0 Å². The Hall–Kier alpha value is -3.48. The first-order valence-corrected chi connectivity index (χ1v) is 9.25. The number of carbonyl (C=O) groups excluding carboxylic acids is 1. The lowest BCUT2D eigenvalue weighted by atomic mass is 9.66. The zero-order valence-corrected chi connectivity index (χ0v) is 15.4. The molecule has 0 bridgehead atoms. The number of hydrogen-bond acceptors (Lipinski definition) is 6. The molecular weight excluding hydrogens is 352 g/mol. The van der Waals surface area contributed by atoms with E-state index in [0.29, 0.717) is 18.1 Å². The molecule has 3 aromatic rings. The van der Waals surface area contributed by atoms with Crippen LogP contribution in [0.25, 0.3) is 11.1 Å². The Morgan fingerprint density at radius 3 is 2.50 bits per heavy atom. The van der Waals surface area contributed by atoms with Gasteiger partial charge in [0, 0.05) is 41.7 Å². The van der Waals surface area contributed by atoms with Gasteiger partial charge in [-0.3, -0.25) is 9.78 Å². The number of anilines is 2. The maximum absolute atomic E-state index is 11.4. The lowest BCUT2D eigenvalue weighted by Crippen LogP contribution is -2.42. The van der Waals surface area contributed by atoms with Gasteiger partial charge in [-0.15, -0.1) is 0 Å². The minimum atomic E-state index is -0.458. The largest absolute Gasteiger partial charge is 0.397 e. The fourth-order valence-corrected chi connectivity index (χ4v) is 3.63. The third-order valence-electron chi connectivity index (χ3n) is 5.37. The number of aromatic nitrogens is 3. The monoisotopic (exact) mass is 374 g/mol. The number of rotatable bonds is 6. The van der Waals surface area contributed by atoms with E-state index in [2.05, 4.69) is 20.3 Å². The molecule has 1 aliphatic rings. The fraction of sp³-hybridized carbons (Fsp3) is 0.238. The summed E-state index contributed by atoms with van der Waals surface area (Å²) in [6.07, 6.45) is 8.50. The Morgan fingerprint density at radius 2 is 1.86 bits per heavy atom. The number of nitrogen functional groups attached to an aromatic ring is 1. The van der Waals surface area contributed by atoms with Gasteiger partial charge in [0.1, 0.15) is 0 Å². The van der Waals surface area contributed by atoms with Crippen molar-refractivity contribution in [2.45, 2.75) is 24.7 Å². The second-order valence-corrected chi connectivity index (χ2v) is 7.17. The summed E-state index contributed by atoms with van der Waals surface area (Å²) in [7, 11) is 0. The smallest absolute Gasteiger partial charge is 0.248 e. The third kappa shape index (κ3) is 3.38. The van der Waals surface area contributed by atoms with Crippen LogP contribution in [-0.2, 0) is 5.41 Å². The lowest BCUT2D eigenvalue weighted by molar-refractivity contribution is 0.100. The highest BCUT2D eigenvalue weighted by atomic mass is 16.1. The van der Waals surface area contributed by atoms with Crippen LogP contribution in [0.4, 0.5) is 11.6 Å². The van der Waals surface area contributed by atoms with Crippen LogP contribution in [0.5, 0.6) is 0 Å². The van der Waals surface area contributed by atoms with Gasteiger partial charge in [0.25, 0.3) is 0 Å². The van der Waals surface area contributed by atoms with E-state index in [1.54, 1.807) is 36.8 Å². The maximum Gasteiger partial charge on any atom is 0.248 e. The number of hydrogen-bond donors (Lipinski definition) is 3. The molecule has 0 saturated heterocycles. The molecule has 1 saturated carbocycles. The van der Waals surface area contributed by atoms with Crippen molar-refractivity contribution >= 4 is 17.5 Å². The molecule has 7 heteroatoms. The second-order valence-electron chi connectivity index (χ2n) is 7.17. The van der Waals surface area contributed by atoms with Crippen molar-refractivity contribution in [2.24, 2.45) is 5.73 Å². The van der Waals surface area contributed by atoms with Gasteiger partial charge in [-0.1, -0.05) is 18.6 Å². The van der Waals surface area contributed by atoms with Gasteiger partial charge in [0.15, 0.2) is 0 Å². The summed E-state index contributed by atoms with van der Waals surface area (Å²) in [5.41, 5.74) is 15.2. The Balaban J connectivity index is 1.49. The molecule has 1 aliphatic carbocycles. The Kier molecular flexibility index (Phi) is 4.65. The molecule has 1 amide bonds. The van der Waals surface area contributed by atoms with E-state index in [9.17, 15) is 4.79 Å². The summed E-state index contributed by atoms with van der Waals surface area (Å²) in [5, 5.41) is 3.33. The SMILES string of the molecule is NC(=O)c1cccc(-c2cnc(NCC3(c4ncccc4N)CCC3)nc2)c1. The Bertz CT molecular complexity index is 998. The first-order chi connectivity index (χ1) is 13.6. The average molecular weight is 374 g/mol. The number of nitrogens with two attached hydrogens (primary N) is 2. The van der Waals surface area contributed by atoms with Gasteiger partial charge in [-0.2, -0.15) is 0 Å². The molecule has 5 N–H and O–H groups in total. The molecule has 0 aliphatic heterocycles. The number of carbonyl (C=O) groups is 1. The summed E-state index contributed by atoms with van der Waals surface area (Å²) in [6, 6.07) is 10.9. The van der Waals surface area contributed by atoms with Crippen molar-refractivity contribution in [3.05, 3.63) is 66.2 Å². The Labute approximate surface area is 163 Å². The van der Waals surface area contributed by atoms with Gasteiger partial charge in [0.2, 0.25) is 11.9 Å². The summed E-state index contributed by atoms with van der Waals surface area (Å²) in [6.45, 7) is 0.685. The van der Waals surface area contributed by atoms with E-state index >= 15 is 0 Å². The van der Waals surface area contributed by atoms with Gasteiger partial charge in [-0.25, -0.2) is 9.97 Å². The summed E-state index contributed by atoms with van der Waals surface area (Å²) in [5.74, 6) is 0.0937. The first kappa shape index (κ1) is 17.9. The fourth-order valence-electron chi connectivity index (χ4n) is 3.63. The van der Waals surface area contributed by atoms with Crippen LogP contribution in [0.1, 0.15) is 35.3 Å². The Morgan fingerprint density at radius 1 is 1.07 bits per heavy atom. The molecule has 2 aromatic heterocycles. The maximum atomic E-state index is 11.4. The molecule has 4 rings (SSSR count). The number of nitrogens with one attached hydrogen (secondary N) is 1. The highest BCUT2D eigenvalue weighted by Crippen LogP contribution is 2.44. The molecule has 0 atom stereocenters. The van der Waals surface area contributed by atoms with Crippen molar-refractivity contribution in [1.29, 1.82) is 0 Å². The predicted molar refractivity (Wildman–Crippen MR) is 109 cm³/mol. The summed E-state index contributed by atoms with van der Waals surface area (Å²) in [4.78, 5) is 24.7. The lowest BCUT2D eigenvalue weighted by Gasteiger charge is -2.42. The molecular formula is C21H22N6O. The van der Waals surface area contributed by atoms with Crippen molar-refractivity contribution in [2.75, 3.05) is 17.6 Å². The zero-order valence-electron chi connectivity index (χ0n) is 15.4. The minimum Gasteiger partial charge on any atom is -0.397 e. The van der Waals surface area contributed by atoms with Crippen molar-refractivity contribution in [1.82, 2.24) is 15.0 Å². The number of amides is 1. The molecule has 0 radical (unpaired) electrons. The second kappa shape index (κ2) is 7.26. The van der Waals surface area contributed by atoms with E-state index < -0.39 is 5.91 Å². The molecule has 1 aromatic carbocycles. The van der Waals surface area contributed by atoms with E-state index in [-0.39, 0.29) is 5.41 Å². The number of primary amides is 1. The average Bonchev–Trinajstić information content (AvgIpc) is 2.69. The number of nitrogens with zero attached hydrogens (tertiary/aromatic N) is 3. The molecule has 2 heterocycles. The third-order valence-corrected chi connectivity index (χ3v) is 5.37. The normalized spacial score (nSPS) is 14.9. The van der Waals surface area contributed by atoms with Gasteiger partial charge in [0.05, 0.1) is 11.4 Å². The number of benzene rings is 1. The van der Waals surface area contributed by atoms with Crippen molar-refractivity contribution in [3.8, 4) is 11.1 Å². The van der Waals surface area contributed by atoms with Crippen LogP contribution < -0.4 is 16.8 Å². The highest BCUT2D eigenvalue weighted by Gasteiger charge is 2.41. The van der Waals surface area contributed by atoms with Crippen LogP contribution in [0.15, 0.2) is 55.0 Å².